The van der Waals surface area contributed by atoms with Crippen molar-refractivity contribution in [3.63, 3.8) is 0 Å². The van der Waals surface area contributed by atoms with Crippen LogP contribution < -0.4 is 11.1 Å². The summed E-state index contributed by atoms with van der Waals surface area (Å²) in [5.41, 5.74) is 4.66. The molecule has 0 spiro atoms. The summed E-state index contributed by atoms with van der Waals surface area (Å²) in [5.74, 6) is -0.492. The third kappa shape index (κ3) is 5.74. The van der Waals surface area contributed by atoms with Crippen LogP contribution in [0.4, 0.5) is 18.9 Å². The summed E-state index contributed by atoms with van der Waals surface area (Å²) in [4.78, 5) is 14.1. The molecule has 25 heavy (non-hydrogen) atoms. The molecule has 0 bridgehead atoms. The van der Waals surface area contributed by atoms with Gasteiger partial charge in [-0.05, 0) is 30.0 Å². The first kappa shape index (κ1) is 22.0. The summed E-state index contributed by atoms with van der Waals surface area (Å²) in [6.45, 7) is 5.32. The number of benzene rings is 1. The third-order valence-corrected chi connectivity index (χ3v) is 4.55. The van der Waals surface area contributed by atoms with Crippen LogP contribution in [0.2, 0.25) is 5.02 Å². The molecule has 3 N–H and O–H groups in total. The lowest BCUT2D eigenvalue weighted by Gasteiger charge is -2.42. The molecule has 1 aromatic rings. The molecule has 0 saturated carbocycles. The number of hydrogen-bond acceptors (Lipinski definition) is 3. The van der Waals surface area contributed by atoms with E-state index in [2.05, 4.69) is 5.32 Å². The van der Waals surface area contributed by atoms with E-state index in [1.165, 1.54) is 12.1 Å². The molecule has 9 heteroatoms. The molecule has 0 radical (unpaired) electrons. The predicted molar refractivity (Wildman–Crippen MR) is 95.1 cm³/mol. The number of amides is 1. The molecule has 1 aromatic carbocycles. The largest absolute Gasteiger partial charge is 0.418 e. The Morgan fingerprint density at radius 1 is 1.44 bits per heavy atom. The number of nitrogens with one attached hydrogen (secondary N) is 1. The van der Waals surface area contributed by atoms with E-state index in [0.717, 1.165) is 12.5 Å². The first-order valence-electron chi connectivity index (χ1n) is 7.63. The van der Waals surface area contributed by atoms with Gasteiger partial charge in [-0.25, -0.2) is 0 Å². The van der Waals surface area contributed by atoms with E-state index in [-0.39, 0.29) is 41.1 Å². The number of carbonyl (C=O) groups excluding carboxylic acids is 1. The minimum Gasteiger partial charge on any atom is -0.327 e. The summed E-state index contributed by atoms with van der Waals surface area (Å²) >= 11 is 5.63. The van der Waals surface area contributed by atoms with E-state index in [0.29, 0.717) is 13.1 Å². The number of hydrogen-bond donors (Lipinski definition) is 2. The third-order valence-electron chi connectivity index (χ3n) is 4.32. The van der Waals surface area contributed by atoms with E-state index in [1.54, 1.807) is 0 Å². The Bertz CT molecular complexity index is 623. The number of rotatable bonds is 3. The van der Waals surface area contributed by atoms with E-state index in [9.17, 15) is 18.0 Å². The Hall–Kier alpha value is -1.02. The molecule has 1 heterocycles. The van der Waals surface area contributed by atoms with Gasteiger partial charge in [-0.3, -0.25) is 9.69 Å². The highest BCUT2D eigenvalue weighted by atomic mass is 35.5. The zero-order valence-corrected chi connectivity index (χ0v) is 15.6. The van der Waals surface area contributed by atoms with Crippen molar-refractivity contribution in [1.29, 1.82) is 0 Å². The van der Waals surface area contributed by atoms with Gasteiger partial charge in [0.25, 0.3) is 0 Å². The smallest absolute Gasteiger partial charge is 0.327 e. The molecule has 2 rings (SSSR count). The van der Waals surface area contributed by atoms with Crippen molar-refractivity contribution >= 4 is 35.6 Å². The van der Waals surface area contributed by atoms with Crippen LogP contribution in [-0.2, 0) is 11.0 Å². The number of alkyl halides is 3. The van der Waals surface area contributed by atoms with E-state index in [4.69, 9.17) is 17.3 Å². The van der Waals surface area contributed by atoms with Gasteiger partial charge >= 0.3 is 6.18 Å². The molecule has 0 aromatic heterocycles. The molecule has 1 saturated heterocycles. The molecular formula is C16H22Cl2F3N3O. The second-order valence-corrected chi connectivity index (χ2v) is 7.27. The van der Waals surface area contributed by atoms with Gasteiger partial charge in [0.15, 0.2) is 0 Å². The summed E-state index contributed by atoms with van der Waals surface area (Å²) in [6, 6.07) is 3.33. The van der Waals surface area contributed by atoms with Gasteiger partial charge in [0.05, 0.1) is 17.8 Å². The maximum Gasteiger partial charge on any atom is 0.418 e. The Morgan fingerprint density at radius 3 is 2.64 bits per heavy atom. The predicted octanol–water partition coefficient (Wildman–Crippen LogP) is 3.78. The van der Waals surface area contributed by atoms with Gasteiger partial charge < -0.3 is 11.1 Å². The van der Waals surface area contributed by atoms with Gasteiger partial charge in [0.1, 0.15) is 0 Å². The maximum atomic E-state index is 13.0. The van der Waals surface area contributed by atoms with Crippen LogP contribution in [-0.4, -0.2) is 36.5 Å². The molecule has 1 fully saturated rings. The van der Waals surface area contributed by atoms with E-state index < -0.39 is 17.6 Å². The molecule has 1 amide bonds. The van der Waals surface area contributed by atoms with Crippen molar-refractivity contribution in [3.8, 4) is 0 Å². The molecule has 4 nitrogen and oxygen atoms in total. The second kappa shape index (κ2) is 8.12. The fourth-order valence-corrected chi connectivity index (χ4v) is 3.04. The molecule has 1 aliphatic heterocycles. The number of nitrogens with zero attached hydrogens (tertiary/aromatic N) is 1. The Balaban J connectivity index is 0.00000312. The average Bonchev–Trinajstić information content (AvgIpc) is 2.43. The molecule has 0 aliphatic carbocycles. The van der Waals surface area contributed by atoms with Gasteiger partial charge in [0, 0.05) is 24.2 Å². The molecule has 142 valence electrons. The monoisotopic (exact) mass is 399 g/mol. The van der Waals surface area contributed by atoms with E-state index in [1.807, 2.05) is 18.7 Å². The Kier molecular flexibility index (Phi) is 7.15. The van der Waals surface area contributed by atoms with Crippen LogP contribution in [0.15, 0.2) is 18.2 Å². The van der Waals surface area contributed by atoms with Gasteiger partial charge in [-0.2, -0.15) is 13.2 Å². The quantitative estimate of drug-likeness (QED) is 0.812. The molecule has 1 atom stereocenters. The maximum absolute atomic E-state index is 13.0. The number of carbonyl (C=O) groups is 1. The van der Waals surface area contributed by atoms with Crippen LogP contribution >= 0.6 is 24.0 Å². The van der Waals surface area contributed by atoms with Gasteiger partial charge in [-0.1, -0.05) is 25.4 Å². The summed E-state index contributed by atoms with van der Waals surface area (Å²) in [5, 5.41) is 2.30. The zero-order chi connectivity index (χ0) is 18.1. The molecule has 1 unspecified atom stereocenters. The lowest BCUT2D eigenvalue weighted by atomic mass is 9.80. The van der Waals surface area contributed by atoms with Crippen molar-refractivity contribution in [2.45, 2.75) is 32.5 Å². The fourth-order valence-electron chi connectivity index (χ4n) is 2.87. The van der Waals surface area contributed by atoms with Crippen LogP contribution in [0.3, 0.4) is 0 Å². The van der Waals surface area contributed by atoms with Crippen LogP contribution in [0.25, 0.3) is 0 Å². The number of likely N-dealkylation sites (tertiary alicyclic amines) is 1. The topological polar surface area (TPSA) is 58.4 Å². The summed E-state index contributed by atoms with van der Waals surface area (Å²) < 4.78 is 39.1. The number of nitrogens with two attached hydrogens (primary N) is 1. The summed E-state index contributed by atoms with van der Waals surface area (Å²) in [6.07, 6.45) is -3.84. The summed E-state index contributed by atoms with van der Waals surface area (Å²) in [7, 11) is 0. The van der Waals surface area contributed by atoms with Crippen molar-refractivity contribution in [2.24, 2.45) is 11.1 Å². The molecule has 1 aliphatic rings. The van der Waals surface area contributed by atoms with Crippen molar-refractivity contribution in [2.75, 3.05) is 25.0 Å². The number of piperidine rings is 1. The highest BCUT2D eigenvalue weighted by Crippen LogP contribution is 2.36. The normalized spacial score (nSPS) is 20.7. The van der Waals surface area contributed by atoms with Crippen molar-refractivity contribution < 1.29 is 18.0 Å². The highest BCUT2D eigenvalue weighted by Gasteiger charge is 2.36. The first-order chi connectivity index (χ1) is 11.0. The molecular weight excluding hydrogens is 378 g/mol. The highest BCUT2D eigenvalue weighted by molar-refractivity contribution is 6.30. The standard InChI is InChI=1S/C16H21ClF3N3O.ClH/c1-15(2)9-23(6-5-13(15)21)8-14(24)22-12-4-3-10(17)7-11(12)16(18,19)20;/h3-4,7,13H,5-6,8-9,21H2,1-2H3,(H,22,24);1H. The number of halogens is 5. The van der Waals surface area contributed by atoms with Gasteiger partial charge in [-0.15, -0.1) is 12.4 Å². The van der Waals surface area contributed by atoms with Crippen LogP contribution in [0.1, 0.15) is 25.8 Å². The van der Waals surface area contributed by atoms with Crippen molar-refractivity contribution in [1.82, 2.24) is 4.90 Å². The zero-order valence-electron chi connectivity index (χ0n) is 14.0. The number of anilines is 1. The minimum atomic E-state index is -4.59. The SMILES string of the molecule is CC1(C)CN(CC(=O)Nc2ccc(Cl)cc2C(F)(F)F)CCC1N.Cl. The lowest BCUT2D eigenvalue weighted by molar-refractivity contribution is -0.137. The van der Waals surface area contributed by atoms with Crippen LogP contribution in [0.5, 0.6) is 0 Å². The van der Waals surface area contributed by atoms with Gasteiger partial charge in [0.2, 0.25) is 5.91 Å². The average molecular weight is 400 g/mol. The Labute approximate surface area is 156 Å². The van der Waals surface area contributed by atoms with Crippen LogP contribution in [0, 0.1) is 5.41 Å². The second-order valence-electron chi connectivity index (χ2n) is 6.83. The Morgan fingerprint density at radius 2 is 2.08 bits per heavy atom. The minimum absolute atomic E-state index is 0. The van der Waals surface area contributed by atoms with Crippen molar-refractivity contribution in [3.05, 3.63) is 28.8 Å². The fraction of sp³-hybridized carbons (Fsp3) is 0.562. The van der Waals surface area contributed by atoms with E-state index >= 15 is 0 Å². The first-order valence-corrected chi connectivity index (χ1v) is 8.01. The lowest BCUT2D eigenvalue weighted by Crippen LogP contribution is -2.53.